The van der Waals surface area contributed by atoms with Gasteiger partial charge in [-0.3, -0.25) is 0 Å². The fourth-order valence-corrected chi connectivity index (χ4v) is 5.51. The molecule has 4 aliphatic rings. The molecular formula is C14H23ClO. The lowest BCUT2D eigenvalue weighted by atomic mass is 9.45. The topological polar surface area (TPSA) is 20.2 Å². The maximum atomic E-state index is 11.2. The first-order valence-electron chi connectivity index (χ1n) is 6.70. The van der Waals surface area contributed by atoms with Crippen LogP contribution in [0.5, 0.6) is 0 Å². The molecule has 4 bridgehead atoms. The summed E-state index contributed by atoms with van der Waals surface area (Å²) in [6, 6.07) is 0. The molecule has 0 aromatic rings. The average Bonchev–Trinajstić information content (AvgIpc) is 2.18. The van der Waals surface area contributed by atoms with Crippen molar-refractivity contribution in [3.8, 4) is 0 Å². The van der Waals surface area contributed by atoms with Crippen molar-refractivity contribution >= 4 is 11.6 Å². The number of alkyl halides is 1. The van der Waals surface area contributed by atoms with Gasteiger partial charge >= 0.3 is 0 Å². The van der Waals surface area contributed by atoms with Crippen molar-refractivity contribution in [2.75, 3.05) is 0 Å². The van der Waals surface area contributed by atoms with Gasteiger partial charge in [0.25, 0.3) is 0 Å². The second-order valence-electron chi connectivity index (χ2n) is 7.39. The van der Waals surface area contributed by atoms with E-state index in [0.717, 1.165) is 18.8 Å². The molecule has 0 aromatic carbocycles. The van der Waals surface area contributed by atoms with E-state index in [2.05, 4.69) is 20.8 Å². The predicted octanol–water partition coefficient (Wildman–Crippen LogP) is 3.44. The van der Waals surface area contributed by atoms with E-state index in [1.165, 1.54) is 12.8 Å². The van der Waals surface area contributed by atoms with Crippen molar-refractivity contribution in [3.05, 3.63) is 0 Å². The zero-order valence-electron chi connectivity index (χ0n) is 10.5. The van der Waals surface area contributed by atoms with Crippen molar-refractivity contribution in [2.24, 2.45) is 29.1 Å². The van der Waals surface area contributed by atoms with Crippen LogP contribution in [0.1, 0.15) is 46.5 Å². The van der Waals surface area contributed by atoms with Gasteiger partial charge in [-0.2, -0.15) is 0 Å². The zero-order chi connectivity index (χ0) is 11.7. The summed E-state index contributed by atoms with van der Waals surface area (Å²) in [5.74, 6) is 2.38. The van der Waals surface area contributed by atoms with Crippen LogP contribution in [-0.2, 0) is 0 Å². The van der Waals surface area contributed by atoms with Gasteiger partial charge in [0.2, 0.25) is 0 Å². The molecule has 1 N–H and O–H groups in total. The summed E-state index contributed by atoms with van der Waals surface area (Å²) in [5, 5.41) is 11.4. The molecule has 92 valence electrons. The summed E-state index contributed by atoms with van der Waals surface area (Å²) in [6.07, 6.45) is 4.88. The molecule has 2 heteroatoms. The molecule has 16 heavy (non-hydrogen) atoms. The van der Waals surface area contributed by atoms with E-state index in [0.29, 0.717) is 17.8 Å². The Balaban J connectivity index is 2.02. The SMILES string of the molecule is CC(C)(C)[C@@]1(O)[C@H]2C[C@@H]3C[C@H](C2)[C@H](Cl)[C@H]1C3. The largest absolute Gasteiger partial charge is 0.389 e. The molecule has 6 atom stereocenters. The molecule has 0 aliphatic heterocycles. The van der Waals surface area contributed by atoms with E-state index >= 15 is 0 Å². The fraction of sp³-hybridized carbons (Fsp3) is 1.00. The third-order valence-corrected chi connectivity index (χ3v) is 6.31. The van der Waals surface area contributed by atoms with Gasteiger partial charge in [0.15, 0.2) is 0 Å². The second kappa shape index (κ2) is 3.17. The molecule has 0 aromatic heterocycles. The Bertz CT molecular complexity index is 308. The summed E-state index contributed by atoms with van der Waals surface area (Å²) in [5.41, 5.74) is -0.560. The van der Waals surface area contributed by atoms with Crippen LogP contribution in [0.15, 0.2) is 0 Å². The minimum atomic E-state index is -0.521. The standard InChI is InChI=1S/C14H23ClO/c1-13(2,3)14(16)10-5-8-4-9(7-10)12(15)11(14)6-8/h8-12,16H,4-7H2,1-3H3/t8-,9+,10-,11+,12-,14+/m0/s1. The Morgan fingerprint density at radius 2 is 1.81 bits per heavy atom. The molecule has 0 unspecified atom stereocenters. The Labute approximate surface area is 104 Å². The summed E-state index contributed by atoms with van der Waals surface area (Å²) in [4.78, 5) is 0. The Morgan fingerprint density at radius 1 is 1.12 bits per heavy atom. The minimum Gasteiger partial charge on any atom is -0.389 e. The normalized spacial score (nSPS) is 55.7. The minimum absolute atomic E-state index is 0.0389. The molecule has 0 heterocycles. The van der Waals surface area contributed by atoms with Crippen LogP contribution in [0.25, 0.3) is 0 Å². The summed E-state index contributed by atoms with van der Waals surface area (Å²) >= 11 is 6.60. The molecule has 0 radical (unpaired) electrons. The molecule has 4 rings (SSSR count). The highest BCUT2D eigenvalue weighted by Crippen LogP contribution is 2.63. The first-order valence-corrected chi connectivity index (χ1v) is 7.14. The quantitative estimate of drug-likeness (QED) is 0.646. The van der Waals surface area contributed by atoms with Gasteiger partial charge in [-0.05, 0) is 48.9 Å². The first-order chi connectivity index (χ1) is 7.34. The monoisotopic (exact) mass is 242 g/mol. The lowest BCUT2D eigenvalue weighted by Crippen LogP contribution is -2.67. The number of hydrogen-bond acceptors (Lipinski definition) is 1. The van der Waals surface area contributed by atoms with Crippen LogP contribution < -0.4 is 0 Å². The van der Waals surface area contributed by atoms with Gasteiger partial charge in [-0.15, -0.1) is 11.6 Å². The highest BCUT2D eigenvalue weighted by molar-refractivity contribution is 6.21. The van der Waals surface area contributed by atoms with Crippen molar-refractivity contribution in [2.45, 2.75) is 57.4 Å². The lowest BCUT2D eigenvalue weighted by Gasteiger charge is -2.64. The van der Waals surface area contributed by atoms with Crippen molar-refractivity contribution < 1.29 is 5.11 Å². The third kappa shape index (κ3) is 1.22. The highest BCUT2D eigenvalue weighted by atomic mass is 35.5. The van der Waals surface area contributed by atoms with Gasteiger partial charge in [-0.25, -0.2) is 0 Å². The van der Waals surface area contributed by atoms with Crippen LogP contribution in [0, 0.1) is 29.1 Å². The van der Waals surface area contributed by atoms with Crippen molar-refractivity contribution in [1.29, 1.82) is 0 Å². The number of rotatable bonds is 0. The summed E-state index contributed by atoms with van der Waals surface area (Å²) in [6.45, 7) is 6.54. The van der Waals surface area contributed by atoms with Crippen LogP contribution in [0.3, 0.4) is 0 Å². The van der Waals surface area contributed by atoms with Crippen LogP contribution in [0.4, 0.5) is 0 Å². The Hall–Kier alpha value is 0.250. The molecule has 0 saturated heterocycles. The fourth-order valence-electron chi connectivity index (χ4n) is 5.01. The van der Waals surface area contributed by atoms with Crippen LogP contribution in [-0.4, -0.2) is 16.1 Å². The van der Waals surface area contributed by atoms with Crippen LogP contribution >= 0.6 is 11.6 Å². The highest BCUT2D eigenvalue weighted by Gasteiger charge is 2.64. The maximum absolute atomic E-state index is 11.2. The number of halogens is 1. The molecule has 0 spiro atoms. The van der Waals surface area contributed by atoms with E-state index in [-0.39, 0.29) is 10.8 Å². The zero-order valence-corrected chi connectivity index (χ0v) is 11.3. The van der Waals surface area contributed by atoms with Crippen LogP contribution in [0.2, 0.25) is 0 Å². The molecule has 0 amide bonds. The van der Waals surface area contributed by atoms with Crippen molar-refractivity contribution in [3.63, 3.8) is 0 Å². The number of aliphatic hydroxyl groups is 1. The molecular weight excluding hydrogens is 220 g/mol. The number of hydrogen-bond donors (Lipinski definition) is 1. The maximum Gasteiger partial charge on any atom is 0.0766 e. The van der Waals surface area contributed by atoms with Gasteiger partial charge in [-0.1, -0.05) is 20.8 Å². The second-order valence-corrected chi connectivity index (χ2v) is 7.90. The van der Waals surface area contributed by atoms with Gasteiger partial charge in [0, 0.05) is 11.3 Å². The van der Waals surface area contributed by atoms with E-state index in [9.17, 15) is 5.11 Å². The predicted molar refractivity (Wildman–Crippen MR) is 66.5 cm³/mol. The average molecular weight is 243 g/mol. The first kappa shape index (κ1) is 11.3. The van der Waals surface area contributed by atoms with Gasteiger partial charge < -0.3 is 5.11 Å². The van der Waals surface area contributed by atoms with Gasteiger partial charge in [0.1, 0.15) is 0 Å². The van der Waals surface area contributed by atoms with E-state index < -0.39 is 5.60 Å². The van der Waals surface area contributed by atoms with Gasteiger partial charge in [0.05, 0.1) is 5.60 Å². The van der Waals surface area contributed by atoms with E-state index in [1.54, 1.807) is 0 Å². The molecule has 4 saturated carbocycles. The third-order valence-electron chi connectivity index (χ3n) is 5.65. The van der Waals surface area contributed by atoms with E-state index in [1.807, 2.05) is 0 Å². The lowest BCUT2D eigenvalue weighted by molar-refractivity contribution is -0.221. The molecule has 4 fully saturated rings. The summed E-state index contributed by atoms with van der Waals surface area (Å²) < 4.78 is 0. The molecule has 4 aliphatic carbocycles. The van der Waals surface area contributed by atoms with E-state index in [4.69, 9.17) is 11.6 Å². The molecule has 1 nitrogen and oxygen atoms in total. The Kier molecular flexibility index (Phi) is 2.25. The Morgan fingerprint density at radius 3 is 2.44 bits per heavy atom. The smallest absolute Gasteiger partial charge is 0.0766 e. The van der Waals surface area contributed by atoms with Crippen molar-refractivity contribution in [1.82, 2.24) is 0 Å². The summed E-state index contributed by atoms with van der Waals surface area (Å²) in [7, 11) is 0.